The number of nitrogens with two attached hydrogens (primary N) is 1. The van der Waals surface area contributed by atoms with Crippen LogP contribution in [0.2, 0.25) is 0 Å². The van der Waals surface area contributed by atoms with Crippen molar-refractivity contribution in [2.75, 3.05) is 60.6 Å². The normalized spacial score (nSPS) is 22.0. The standard InChI is InChI=1S/C12H13N3O2.C6H17NO3Si/c16-9-7-8(13-1-2-13)12(17)11(15-5-6-15)10(9)14-3-4-14;1-5-6(7)11(8-2,9-3)10-4/h7H,1-6H2;6H,5,7H2,1-4H3. The fraction of sp³-hybridized carbons (Fsp3) is 0.667. The lowest BCUT2D eigenvalue weighted by molar-refractivity contribution is -0.117. The van der Waals surface area contributed by atoms with E-state index in [2.05, 4.69) is 0 Å². The Morgan fingerprint density at radius 1 is 0.929 bits per heavy atom. The van der Waals surface area contributed by atoms with Crippen molar-refractivity contribution in [2.45, 2.75) is 19.0 Å². The highest BCUT2D eigenvalue weighted by molar-refractivity contribution is 6.62. The van der Waals surface area contributed by atoms with Gasteiger partial charge in [0, 0.05) is 66.7 Å². The molecule has 4 rings (SSSR count). The molecule has 0 saturated carbocycles. The molecular formula is C18H30N4O5Si. The fourth-order valence-electron chi connectivity index (χ4n) is 3.23. The maximum atomic E-state index is 12.4. The quantitative estimate of drug-likeness (QED) is 0.317. The molecule has 0 bridgehead atoms. The van der Waals surface area contributed by atoms with Crippen molar-refractivity contribution in [3.8, 4) is 0 Å². The first-order valence-electron chi connectivity index (χ1n) is 9.63. The molecule has 156 valence electrons. The molecule has 10 heteroatoms. The van der Waals surface area contributed by atoms with Crippen molar-refractivity contribution in [3.63, 3.8) is 0 Å². The summed E-state index contributed by atoms with van der Waals surface area (Å²) in [4.78, 5) is 30.5. The minimum absolute atomic E-state index is 0.00546. The molecule has 0 aromatic rings. The molecule has 3 fully saturated rings. The number of rotatable bonds is 8. The second-order valence-corrected chi connectivity index (χ2v) is 10.3. The van der Waals surface area contributed by atoms with E-state index in [-0.39, 0.29) is 17.2 Å². The molecule has 28 heavy (non-hydrogen) atoms. The molecule has 9 nitrogen and oxygen atoms in total. The highest BCUT2D eigenvalue weighted by atomic mass is 28.4. The van der Waals surface area contributed by atoms with Gasteiger partial charge in [0.05, 0.1) is 11.4 Å². The summed E-state index contributed by atoms with van der Waals surface area (Å²) in [7, 11) is 2.15. The zero-order valence-corrected chi connectivity index (χ0v) is 18.1. The Morgan fingerprint density at radius 2 is 1.39 bits per heavy atom. The van der Waals surface area contributed by atoms with Crippen LogP contribution in [-0.2, 0) is 22.9 Å². The van der Waals surface area contributed by atoms with Crippen LogP contribution >= 0.6 is 0 Å². The monoisotopic (exact) mass is 410 g/mol. The number of nitrogens with zero attached hydrogens (tertiary/aromatic N) is 3. The average molecular weight is 411 g/mol. The van der Waals surface area contributed by atoms with Gasteiger partial charge in [0.1, 0.15) is 11.4 Å². The first-order valence-corrected chi connectivity index (χ1v) is 11.4. The molecule has 0 aromatic carbocycles. The molecule has 1 atom stereocenters. The molecule has 0 aromatic heterocycles. The number of Topliss-reactive ketones (excluding diaryl/α,β-unsaturated/α-hetero) is 1. The number of carbonyl (C=O) groups excluding carboxylic acids is 2. The minimum Gasteiger partial charge on any atom is -0.376 e. The molecule has 0 amide bonds. The first-order chi connectivity index (χ1) is 13.4. The maximum Gasteiger partial charge on any atom is 0.517 e. The van der Waals surface area contributed by atoms with Gasteiger partial charge in [0.25, 0.3) is 0 Å². The van der Waals surface area contributed by atoms with Gasteiger partial charge in [0.2, 0.25) is 11.6 Å². The van der Waals surface area contributed by atoms with E-state index in [1.165, 1.54) is 6.08 Å². The van der Waals surface area contributed by atoms with Gasteiger partial charge in [0.15, 0.2) is 0 Å². The van der Waals surface area contributed by atoms with Crippen LogP contribution in [0.5, 0.6) is 0 Å². The summed E-state index contributed by atoms with van der Waals surface area (Å²) in [5, 5.41) is 0. The molecule has 0 radical (unpaired) electrons. The predicted molar refractivity (Wildman–Crippen MR) is 105 cm³/mol. The summed E-state index contributed by atoms with van der Waals surface area (Å²) in [5.41, 5.74) is 7.52. The van der Waals surface area contributed by atoms with Crippen molar-refractivity contribution in [2.24, 2.45) is 5.73 Å². The van der Waals surface area contributed by atoms with Crippen molar-refractivity contribution >= 4 is 20.4 Å². The summed E-state index contributed by atoms with van der Waals surface area (Å²) in [6.45, 7) is 7.38. The van der Waals surface area contributed by atoms with Crippen molar-refractivity contribution in [3.05, 3.63) is 23.2 Å². The number of hydrogen-bond acceptors (Lipinski definition) is 9. The average Bonchev–Trinajstić information content (AvgIpc) is 3.56. The maximum absolute atomic E-state index is 12.4. The van der Waals surface area contributed by atoms with Crippen LogP contribution < -0.4 is 5.73 Å². The zero-order valence-electron chi connectivity index (χ0n) is 17.1. The van der Waals surface area contributed by atoms with E-state index in [0.717, 1.165) is 45.7 Å². The van der Waals surface area contributed by atoms with Gasteiger partial charge in [-0.1, -0.05) is 6.92 Å². The molecule has 0 spiro atoms. The highest BCUT2D eigenvalue weighted by Gasteiger charge is 2.44. The van der Waals surface area contributed by atoms with Gasteiger partial charge < -0.3 is 33.7 Å². The Labute approximate surface area is 167 Å². The lowest BCUT2D eigenvalue weighted by Crippen LogP contribution is -2.58. The molecule has 1 aliphatic carbocycles. The second kappa shape index (κ2) is 8.33. The minimum atomic E-state index is -2.54. The molecule has 3 heterocycles. The first kappa shape index (κ1) is 21.0. The molecule has 3 saturated heterocycles. The third-order valence-electron chi connectivity index (χ3n) is 5.24. The van der Waals surface area contributed by atoms with Crippen LogP contribution in [-0.4, -0.2) is 101 Å². The van der Waals surface area contributed by atoms with Gasteiger partial charge in [-0.2, -0.15) is 0 Å². The van der Waals surface area contributed by atoms with E-state index in [0.29, 0.717) is 17.1 Å². The third-order valence-corrected chi connectivity index (χ3v) is 8.26. The smallest absolute Gasteiger partial charge is 0.376 e. The van der Waals surface area contributed by atoms with Gasteiger partial charge in [-0.3, -0.25) is 9.59 Å². The Hall–Kier alpha value is -1.72. The van der Waals surface area contributed by atoms with Crippen LogP contribution in [0, 0.1) is 0 Å². The topological polar surface area (TPSA) is 96.9 Å². The molecule has 4 aliphatic rings. The van der Waals surface area contributed by atoms with Crippen LogP contribution in [0.1, 0.15) is 13.3 Å². The lowest BCUT2D eigenvalue weighted by Gasteiger charge is -2.28. The van der Waals surface area contributed by atoms with E-state index >= 15 is 0 Å². The van der Waals surface area contributed by atoms with Crippen molar-refractivity contribution in [1.82, 2.24) is 14.7 Å². The summed E-state index contributed by atoms with van der Waals surface area (Å²) in [6, 6.07) is 0. The summed E-state index contributed by atoms with van der Waals surface area (Å²) in [6.07, 6.45) is 2.32. The van der Waals surface area contributed by atoms with Crippen LogP contribution in [0.3, 0.4) is 0 Å². The van der Waals surface area contributed by atoms with E-state index < -0.39 is 8.80 Å². The summed E-state index contributed by atoms with van der Waals surface area (Å²) >= 11 is 0. The number of ketones is 2. The van der Waals surface area contributed by atoms with E-state index in [9.17, 15) is 9.59 Å². The Bertz CT molecular complexity index is 686. The highest BCUT2D eigenvalue weighted by Crippen LogP contribution is 2.33. The van der Waals surface area contributed by atoms with Crippen LogP contribution in [0.15, 0.2) is 23.2 Å². The van der Waals surface area contributed by atoms with E-state index in [1.54, 1.807) is 21.3 Å². The Morgan fingerprint density at radius 3 is 1.75 bits per heavy atom. The molecule has 1 unspecified atom stereocenters. The molecule has 2 N–H and O–H groups in total. The number of allylic oxidation sites excluding steroid dienone is 1. The summed E-state index contributed by atoms with van der Waals surface area (Å²) < 4.78 is 15.5. The van der Waals surface area contributed by atoms with E-state index in [1.807, 2.05) is 21.6 Å². The number of carbonyl (C=O) groups is 2. The second-order valence-electron chi connectivity index (χ2n) is 7.11. The van der Waals surface area contributed by atoms with Gasteiger partial charge in [-0.05, 0) is 6.42 Å². The lowest BCUT2D eigenvalue weighted by atomic mass is 10.0. The van der Waals surface area contributed by atoms with Crippen LogP contribution in [0.25, 0.3) is 0 Å². The van der Waals surface area contributed by atoms with Crippen molar-refractivity contribution in [1.29, 1.82) is 0 Å². The van der Waals surface area contributed by atoms with Gasteiger partial charge >= 0.3 is 8.80 Å². The van der Waals surface area contributed by atoms with Crippen LogP contribution in [0.4, 0.5) is 0 Å². The molecular weight excluding hydrogens is 380 g/mol. The zero-order chi connectivity index (χ0) is 20.5. The van der Waals surface area contributed by atoms with Gasteiger partial charge in [-0.15, -0.1) is 0 Å². The van der Waals surface area contributed by atoms with Crippen molar-refractivity contribution < 1.29 is 22.9 Å². The Kier molecular flexibility index (Phi) is 6.25. The predicted octanol–water partition coefficient (Wildman–Crippen LogP) is -0.678. The fourth-order valence-corrected chi connectivity index (χ4v) is 5.14. The third kappa shape index (κ3) is 4.15. The van der Waals surface area contributed by atoms with Gasteiger partial charge in [-0.25, -0.2) is 0 Å². The summed E-state index contributed by atoms with van der Waals surface area (Å²) in [5.74, 6) is 0.0485. The largest absolute Gasteiger partial charge is 0.517 e. The molecule has 3 aliphatic heterocycles. The SMILES string of the molecule is CCC(N)[Si](OC)(OC)OC.O=C1C=C(N2CC2)C(=O)C(N2CC2)=C1N1CC1. The number of hydrogen-bond donors (Lipinski definition) is 1. The Balaban J connectivity index is 0.000000180. The van der Waals surface area contributed by atoms with E-state index in [4.69, 9.17) is 19.0 Å².